The van der Waals surface area contributed by atoms with Crippen molar-refractivity contribution in [2.75, 3.05) is 11.1 Å². The van der Waals surface area contributed by atoms with Crippen molar-refractivity contribution < 1.29 is 14.0 Å². The number of hydrogen-bond acceptors (Lipinski definition) is 5. The molecule has 2 amide bonds. The quantitative estimate of drug-likeness (QED) is 0.279. The van der Waals surface area contributed by atoms with Gasteiger partial charge in [-0.05, 0) is 55.0 Å². The van der Waals surface area contributed by atoms with Gasteiger partial charge >= 0.3 is 0 Å². The van der Waals surface area contributed by atoms with Crippen molar-refractivity contribution in [3.8, 4) is 5.69 Å². The van der Waals surface area contributed by atoms with E-state index in [1.54, 1.807) is 28.8 Å². The maximum Gasteiger partial charge on any atom is 0.256 e. The fourth-order valence-corrected chi connectivity index (χ4v) is 4.60. The first-order valence-electron chi connectivity index (χ1n) is 10.7. The van der Waals surface area contributed by atoms with E-state index in [1.165, 1.54) is 23.9 Å². The fraction of sp³-hybridized carbons (Fsp3) is 0.120. The molecule has 0 bridgehead atoms. The van der Waals surface area contributed by atoms with Gasteiger partial charge in [0.25, 0.3) is 5.91 Å². The van der Waals surface area contributed by atoms with E-state index in [0.29, 0.717) is 27.4 Å². The van der Waals surface area contributed by atoms with Gasteiger partial charge in [-0.2, -0.15) is 0 Å². The van der Waals surface area contributed by atoms with Crippen molar-refractivity contribution in [1.82, 2.24) is 20.1 Å². The molecule has 1 heterocycles. The Morgan fingerprint density at radius 1 is 1.03 bits per heavy atom. The number of carbonyl (C=O) groups is 2. The number of nitrogens with one attached hydrogen (secondary N) is 2. The summed E-state index contributed by atoms with van der Waals surface area (Å²) in [5.74, 6) is -1.20. The molecule has 0 fully saturated rings. The number of rotatable bonds is 8. The van der Waals surface area contributed by atoms with Gasteiger partial charge in [0.2, 0.25) is 5.91 Å². The molecule has 0 unspecified atom stereocenters. The molecule has 0 radical (unpaired) electrons. The highest BCUT2D eigenvalue weighted by Crippen LogP contribution is 2.25. The zero-order valence-corrected chi connectivity index (χ0v) is 21.3. The third-order valence-electron chi connectivity index (χ3n) is 5.00. The van der Waals surface area contributed by atoms with Crippen molar-refractivity contribution in [3.05, 3.63) is 99.5 Å². The zero-order valence-electron chi connectivity index (χ0n) is 19.0. The SMILES string of the molecule is Cc1cccc(NC(=O)CSc2nnc(CNC(=O)c3c(F)cccc3Cl)n2-c2cccc(Cl)c2)c1. The molecule has 4 aromatic rings. The number of aromatic nitrogens is 3. The molecule has 0 saturated heterocycles. The summed E-state index contributed by atoms with van der Waals surface area (Å²) in [6, 6.07) is 18.5. The molecule has 11 heteroatoms. The van der Waals surface area contributed by atoms with Crippen LogP contribution in [0.5, 0.6) is 0 Å². The largest absolute Gasteiger partial charge is 0.345 e. The normalized spacial score (nSPS) is 10.8. The van der Waals surface area contributed by atoms with Crippen LogP contribution in [0.15, 0.2) is 71.9 Å². The second kappa shape index (κ2) is 11.6. The lowest BCUT2D eigenvalue weighted by Gasteiger charge is -2.12. The average molecular weight is 544 g/mol. The molecule has 36 heavy (non-hydrogen) atoms. The van der Waals surface area contributed by atoms with Gasteiger partial charge in [-0.25, -0.2) is 4.39 Å². The predicted octanol–water partition coefficient (Wildman–Crippen LogP) is 5.68. The summed E-state index contributed by atoms with van der Waals surface area (Å²) in [6.07, 6.45) is 0. The van der Waals surface area contributed by atoms with Crippen LogP contribution < -0.4 is 10.6 Å². The van der Waals surface area contributed by atoms with E-state index in [1.807, 2.05) is 31.2 Å². The summed E-state index contributed by atoms with van der Waals surface area (Å²) >= 11 is 13.4. The van der Waals surface area contributed by atoms with Crippen molar-refractivity contribution in [1.29, 1.82) is 0 Å². The molecule has 0 saturated carbocycles. The Bertz CT molecular complexity index is 1410. The topological polar surface area (TPSA) is 88.9 Å². The number of hydrogen-bond donors (Lipinski definition) is 2. The van der Waals surface area contributed by atoms with E-state index < -0.39 is 11.7 Å². The third-order valence-corrected chi connectivity index (χ3v) is 6.48. The summed E-state index contributed by atoms with van der Waals surface area (Å²) in [5.41, 5.74) is 2.12. The highest BCUT2D eigenvalue weighted by Gasteiger charge is 2.20. The number of nitrogens with zero attached hydrogens (tertiary/aromatic N) is 3. The lowest BCUT2D eigenvalue weighted by Crippen LogP contribution is -2.26. The van der Waals surface area contributed by atoms with E-state index in [9.17, 15) is 14.0 Å². The Hall–Kier alpha value is -3.40. The number of carbonyl (C=O) groups excluding carboxylic acids is 2. The minimum Gasteiger partial charge on any atom is -0.345 e. The van der Waals surface area contributed by atoms with Crippen molar-refractivity contribution in [2.24, 2.45) is 0 Å². The average Bonchev–Trinajstić information content (AvgIpc) is 3.24. The summed E-state index contributed by atoms with van der Waals surface area (Å²) in [6.45, 7) is 1.87. The standard InChI is InChI=1S/C25H20Cl2FN5O2S/c1-15-5-2-7-17(11-15)30-22(34)14-36-25-32-31-21(33(25)18-8-3-6-16(26)12-18)13-29-24(35)23-19(27)9-4-10-20(23)28/h2-12H,13-14H2,1H3,(H,29,35)(H,30,34). The number of anilines is 1. The minimum atomic E-state index is -0.729. The van der Waals surface area contributed by atoms with E-state index in [-0.39, 0.29) is 28.8 Å². The Morgan fingerprint density at radius 2 is 1.81 bits per heavy atom. The van der Waals surface area contributed by atoms with Crippen LogP contribution in [0.2, 0.25) is 10.0 Å². The van der Waals surface area contributed by atoms with Crippen LogP contribution in [0.1, 0.15) is 21.7 Å². The molecule has 0 spiro atoms. The highest BCUT2D eigenvalue weighted by molar-refractivity contribution is 7.99. The first-order valence-corrected chi connectivity index (χ1v) is 12.5. The molecular weight excluding hydrogens is 524 g/mol. The van der Waals surface area contributed by atoms with E-state index in [0.717, 1.165) is 11.6 Å². The van der Waals surface area contributed by atoms with Crippen molar-refractivity contribution in [2.45, 2.75) is 18.6 Å². The van der Waals surface area contributed by atoms with E-state index >= 15 is 0 Å². The molecular formula is C25H20Cl2FN5O2S. The van der Waals surface area contributed by atoms with Crippen LogP contribution in [0.25, 0.3) is 5.69 Å². The number of halogens is 3. The van der Waals surface area contributed by atoms with Gasteiger partial charge in [-0.3, -0.25) is 14.2 Å². The van der Waals surface area contributed by atoms with Gasteiger partial charge in [0.1, 0.15) is 5.82 Å². The maximum atomic E-state index is 14.1. The number of amides is 2. The summed E-state index contributed by atoms with van der Waals surface area (Å²) in [4.78, 5) is 25.1. The number of benzene rings is 3. The molecule has 1 aromatic heterocycles. The lowest BCUT2D eigenvalue weighted by atomic mass is 10.2. The van der Waals surface area contributed by atoms with Crippen LogP contribution in [0.3, 0.4) is 0 Å². The molecule has 0 aliphatic heterocycles. The Balaban J connectivity index is 1.53. The minimum absolute atomic E-state index is 0.000301. The van der Waals surface area contributed by atoms with Gasteiger partial charge in [-0.15, -0.1) is 10.2 Å². The third kappa shape index (κ3) is 6.23. The second-order valence-corrected chi connectivity index (χ2v) is 9.49. The van der Waals surface area contributed by atoms with Crippen LogP contribution in [0.4, 0.5) is 10.1 Å². The molecule has 0 aliphatic rings. The molecule has 0 atom stereocenters. The first-order chi connectivity index (χ1) is 17.3. The van der Waals surface area contributed by atoms with Crippen molar-refractivity contribution >= 4 is 52.5 Å². The molecule has 4 rings (SSSR count). The molecule has 3 aromatic carbocycles. The Kier molecular flexibility index (Phi) is 8.25. The molecule has 184 valence electrons. The zero-order chi connectivity index (χ0) is 25.7. The van der Waals surface area contributed by atoms with Gasteiger partial charge in [0, 0.05) is 10.7 Å². The van der Waals surface area contributed by atoms with Gasteiger partial charge in [-0.1, -0.05) is 59.2 Å². The Morgan fingerprint density at radius 3 is 2.56 bits per heavy atom. The van der Waals surface area contributed by atoms with Crippen LogP contribution in [-0.2, 0) is 11.3 Å². The summed E-state index contributed by atoms with van der Waals surface area (Å²) in [7, 11) is 0. The Labute approximate surface area is 221 Å². The van der Waals surface area contributed by atoms with Crippen molar-refractivity contribution in [3.63, 3.8) is 0 Å². The summed E-state index contributed by atoms with van der Waals surface area (Å²) < 4.78 is 15.8. The monoisotopic (exact) mass is 543 g/mol. The number of thioether (sulfide) groups is 1. The van der Waals surface area contributed by atoms with E-state index in [4.69, 9.17) is 23.2 Å². The highest BCUT2D eigenvalue weighted by atomic mass is 35.5. The molecule has 2 N–H and O–H groups in total. The molecule has 0 aliphatic carbocycles. The first kappa shape index (κ1) is 25.7. The maximum absolute atomic E-state index is 14.1. The lowest BCUT2D eigenvalue weighted by molar-refractivity contribution is -0.113. The molecule has 7 nitrogen and oxygen atoms in total. The van der Waals surface area contributed by atoms with Gasteiger partial charge in [0.05, 0.1) is 28.6 Å². The number of aryl methyl sites for hydroxylation is 1. The summed E-state index contributed by atoms with van der Waals surface area (Å²) in [5, 5.41) is 14.8. The van der Waals surface area contributed by atoms with Crippen LogP contribution >= 0.6 is 35.0 Å². The predicted molar refractivity (Wildman–Crippen MR) is 139 cm³/mol. The fourth-order valence-electron chi connectivity index (χ4n) is 3.40. The van der Waals surface area contributed by atoms with E-state index in [2.05, 4.69) is 20.8 Å². The van der Waals surface area contributed by atoms with Crippen LogP contribution in [0, 0.1) is 12.7 Å². The van der Waals surface area contributed by atoms with Gasteiger partial charge < -0.3 is 10.6 Å². The smallest absolute Gasteiger partial charge is 0.256 e. The van der Waals surface area contributed by atoms with Gasteiger partial charge in [0.15, 0.2) is 11.0 Å². The second-order valence-electron chi connectivity index (χ2n) is 7.70. The van der Waals surface area contributed by atoms with Crippen LogP contribution in [-0.4, -0.2) is 32.3 Å².